The number of rotatable bonds is 1. The van der Waals surface area contributed by atoms with Crippen LogP contribution >= 0.6 is 12.6 Å². The molecule has 0 aromatic rings. The zero-order valence-electron chi connectivity index (χ0n) is 5.97. The van der Waals surface area contributed by atoms with Crippen molar-refractivity contribution in [2.45, 2.75) is 24.6 Å². The van der Waals surface area contributed by atoms with E-state index in [4.69, 9.17) is 5.11 Å². The Morgan fingerprint density at radius 1 is 1.73 bits per heavy atom. The molecule has 0 amide bonds. The van der Waals surface area contributed by atoms with Crippen molar-refractivity contribution in [3.8, 4) is 0 Å². The topological polar surface area (TPSA) is 66.8 Å². The molecule has 0 saturated carbocycles. The van der Waals surface area contributed by atoms with Gasteiger partial charge in [-0.2, -0.15) is 0 Å². The Morgan fingerprint density at radius 3 is 2.45 bits per heavy atom. The molecule has 64 valence electrons. The van der Waals surface area contributed by atoms with Gasteiger partial charge in [0.05, 0.1) is 6.10 Å². The summed E-state index contributed by atoms with van der Waals surface area (Å²) in [4.78, 5) is 10.8. The van der Waals surface area contributed by atoms with Gasteiger partial charge >= 0.3 is 5.97 Å². The molecule has 0 spiro atoms. The molecular weight excluding hydrogens is 168 g/mol. The minimum atomic E-state index is -1.01. The summed E-state index contributed by atoms with van der Waals surface area (Å²) in [5.41, 5.74) is -0.804. The maximum absolute atomic E-state index is 10.8. The molecule has 4 nitrogen and oxygen atoms in total. The SMILES string of the molecule is CC(O)[C@@H]1C(=O)OC(S)C1O. The number of esters is 1. The molecule has 0 radical (unpaired) electrons. The van der Waals surface area contributed by atoms with Crippen molar-refractivity contribution in [3.05, 3.63) is 0 Å². The number of aliphatic hydroxyl groups is 2. The molecule has 1 fully saturated rings. The second-order valence-corrected chi connectivity index (χ2v) is 3.09. The number of cyclic esters (lactones) is 1. The van der Waals surface area contributed by atoms with Crippen LogP contribution in [0.2, 0.25) is 0 Å². The summed E-state index contributed by atoms with van der Waals surface area (Å²) < 4.78 is 4.56. The fourth-order valence-electron chi connectivity index (χ4n) is 1.07. The van der Waals surface area contributed by atoms with Crippen LogP contribution in [-0.4, -0.2) is 33.8 Å². The Morgan fingerprint density at radius 2 is 2.27 bits per heavy atom. The van der Waals surface area contributed by atoms with E-state index in [1.54, 1.807) is 0 Å². The zero-order valence-corrected chi connectivity index (χ0v) is 6.86. The van der Waals surface area contributed by atoms with Crippen LogP contribution in [0.1, 0.15) is 6.92 Å². The second-order valence-electron chi connectivity index (χ2n) is 2.58. The van der Waals surface area contributed by atoms with Crippen LogP contribution in [0, 0.1) is 5.92 Å². The first-order valence-corrected chi connectivity index (χ1v) is 3.80. The fraction of sp³-hybridized carbons (Fsp3) is 0.833. The third-order valence-electron chi connectivity index (χ3n) is 1.69. The molecule has 2 N–H and O–H groups in total. The van der Waals surface area contributed by atoms with Gasteiger partial charge in [0, 0.05) is 0 Å². The third-order valence-corrected chi connectivity index (χ3v) is 2.10. The van der Waals surface area contributed by atoms with Crippen molar-refractivity contribution in [2.24, 2.45) is 5.92 Å². The van der Waals surface area contributed by atoms with Crippen LogP contribution in [0.25, 0.3) is 0 Å². The molecule has 0 aromatic heterocycles. The van der Waals surface area contributed by atoms with Gasteiger partial charge in [-0.25, -0.2) is 0 Å². The van der Waals surface area contributed by atoms with Gasteiger partial charge in [-0.05, 0) is 6.92 Å². The van der Waals surface area contributed by atoms with E-state index in [0.717, 1.165) is 0 Å². The summed E-state index contributed by atoms with van der Waals surface area (Å²) >= 11 is 3.80. The van der Waals surface area contributed by atoms with Gasteiger partial charge in [-0.15, -0.1) is 12.6 Å². The van der Waals surface area contributed by atoms with Crippen LogP contribution in [0.5, 0.6) is 0 Å². The van der Waals surface area contributed by atoms with Crippen molar-refractivity contribution in [1.29, 1.82) is 0 Å². The van der Waals surface area contributed by atoms with E-state index in [1.165, 1.54) is 6.92 Å². The monoisotopic (exact) mass is 178 g/mol. The van der Waals surface area contributed by atoms with E-state index in [1.807, 2.05) is 0 Å². The lowest BCUT2D eigenvalue weighted by atomic mass is 10.0. The van der Waals surface area contributed by atoms with Crippen molar-refractivity contribution < 1.29 is 19.7 Å². The number of ether oxygens (including phenoxy) is 1. The lowest BCUT2D eigenvalue weighted by molar-refractivity contribution is -0.144. The molecule has 3 unspecified atom stereocenters. The smallest absolute Gasteiger partial charge is 0.315 e. The Labute approximate surface area is 69.6 Å². The maximum atomic E-state index is 10.8. The highest BCUT2D eigenvalue weighted by Crippen LogP contribution is 2.26. The van der Waals surface area contributed by atoms with Crippen LogP contribution in [0.3, 0.4) is 0 Å². The van der Waals surface area contributed by atoms with Gasteiger partial charge in [-0.1, -0.05) is 0 Å². The summed E-state index contributed by atoms with van der Waals surface area (Å²) in [6, 6.07) is 0. The minimum absolute atomic E-state index is 0.590. The van der Waals surface area contributed by atoms with Crippen LogP contribution in [-0.2, 0) is 9.53 Å². The molecule has 1 rings (SSSR count). The van der Waals surface area contributed by atoms with E-state index < -0.39 is 29.5 Å². The fourth-order valence-corrected chi connectivity index (χ4v) is 1.36. The summed E-state index contributed by atoms with van der Waals surface area (Å²) in [7, 11) is 0. The molecule has 11 heavy (non-hydrogen) atoms. The van der Waals surface area contributed by atoms with Gasteiger partial charge in [0.25, 0.3) is 0 Å². The largest absolute Gasteiger partial charge is 0.448 e. The van der Waals surface area contributed by atoms with E-state index >= 15 is 0 Å². The molecule has 4 atom stereocenters. The van der Waals surface area contributed by atoms with E-state index in [-0.39, 0.29) is 0 Å². The third kappa shape index (κ3) is 1.50. The van der Waals surface area contributed by atoms with Crippen molar-refractivity contribution in [3.63, 3.8) is 0 Å². The summed E-state index contributed by atoms with van der Waals surface area (Å²) in [5, 5.41) is 18.2. The van der Waals surface area contributed by atoms with Gasteiger partial charge in [-0.3, -0.25) is 4.79 Å². The Balaban J connectivity index is 2.71. The quantitative estimate of drug-likeness (QED) is 0.362. The zero-order chi connectivity index (χ0) is 8.59. The number of carbonyl (C=O) groups is 1. The normalized spacial score (nSPS) is 40.4. The minimum Gasteiger partial charge on any atom is -0.448 e. The first kappa shape index (κ1) is 8.83. The standard InChI is InChI=1S/C6H10O4S/c1-2(7)3-4(8)6(11)10-5(3)9/h2-4,6-8,11H,1H3/t2?,3-,4?,6?/m0/s1. The highest BCUT2D eigenvalue weighted by molar-refractivity contribution is 7.80. The number of hydrogen-bond donors (Lipinski definition) is 3. The molecule has 1 aliphatic rings. The molecule has 1 aliphatic heterocycles. The first-order valence-electron chi connectivity index (χ1n) is 3.28. The lowest BCUT2D eigenvalue weighted by Crippen LogP contribution is -2.32. The Kier molecular flexibility index (Phi) is 2.41. The van der Waals surface area contributed by atoms with Gasteiger partial charge in [0.2, 0.25) is 0 Å². The molecule has 0 bridgehead atoms. The lowest BCUT2D eigenvalue weighted by Gasteiger charge is -2.13. The van der Waals surface area contributed by atoms with E-state index in [0.29, 0.717) is 0 Å². The van der Waals surface area contributed by atoms with Crippen molar-refractivity contribution in [2.75, 3.05) is 0 Å². The first-order chi connectivity index (χ1) is 5.04. The van der Waals surface area contributed by atoms with Crippen LogP contribution in [0.4, 0.5) is 0 Å². The average Bonchev–Trinajstić information content (AvgIpc) is 2.07. The second kappa shape index (κ2) is 3.00. The Bertz CT molecular complexity index is 170. The van der Waals surface area contributed by atoms with E-state index in [2.05, 4.69) is 17.4 Å². The summed E-state index contributed by atoms with van der Waals surface area (Å²) in [5.74, 6) is -1.44. The highest BCUT2D eigenvalue weighted by atomic mass is 32.1. The number of thiol groups is 1. The highest BCUT2D eigenvalue weighted by Gasteiger charge is 2.44. The van der Waals surface area contributed by atoms with Gasteiger partial charge in [0.1, 0.15) is 12.0 Å². The predicted octanol–water partition coefficient (Wildman–Crippen LogP) is -0.843. The Hall–Kier alpha value is -0.260. The molecule has 1 saturated heterocycles. The number of carbonyl (C=O) groups excluding carboxylic acids is 1. The summed E-state index contributed by atoms with van der Waals surface area (Å²) in [6.45, 7) is 1.43. The van der Waals surface area contributed by atoms with Crippen LogP contribution in [0.15, 0.2) is 0 Å². The molecule has 1 heterocycles. The predicted molar refractivity (Wildman–Crippen MR) is 40.0 cm³/mol. The number of hydrogen-bond acceptors (Lipinski definition) is 5. The van der Waals surface area contributed by atoms with E-state index in [9.17, 15) is 9.90 Å². The van der Waals surface area contributed by atoms with Gasteiger partial charge < -0.3 is 14.9 Å². The van der Waals surface area contributed by atoms with Gasteiger partial charge in [0.15, 0.2) is 5.44 Å². The summed E-state index contributed by atoms with van der Waals surface area (Å²) in [6.07, 6.45) is -1.90. The van der Waals surface area contributed by atoms with Crippen molar-refractivity contribution in [1.82, 2.24) is 0 Å². The van der Waals surface area contributed by atoms with Crippen molar-refractivity contribution >= 4 is 18.6 Å². The molecular formula is C6H10O4S. The molecule has 0 aromatic carbocycles. The number of aliphatic hydroxyl groups excluding tert-OH is 2. The molecule has 5 heteroatoms. The average molecular weight is 178 g/mol. The molecule has 0 aliphatic carbocycles. The van der Waals surface area contributed by atoms with Crippen LogP contribution < -0.4 is 0 Å². The maximum Gasteiger partial charge on any atom is 0.315 e.